The van der Waals surface area contributed by atoms with Gasteiger partial charge in [-0.25, -0.2) is 0 Å². The number of nitro groups is 1. The summed E-state index contributed by atoms with van der Waals surface area (Å²) in [6.45, 7) is 0. The van der Waals surface area contributed by atoms with Crippen LogP contribution in [0.3, 0.4) is 0 Å². The maximum absolute atomic E-state index is 12.7. The molecule has 34 heavy (non-hydrogen) atoms. The average Bonchev–Trinajstić information content (AvgIpc) is 3.28. The Labute approximate surface area is 197 Å². The van der Waals surface area contributed by atoms with Gasteiger partial charge in [0, 0.05) is 41.3 Å². The average molecular weight is 472 g/mol. The summed E-state index contributed by atoms with van der Waals surface area (Å²) in [7, 11) is 0. The number of halogens is 1. The number of nitrogens with zero attached hydrogens (tertiary/aromatic N) is 6. The van der Waals surface area contributed by atoms with Gasteiger partial charge in [0.1, 0.15) is 0 Å². The molecule has 5 aromatic rings. The minimum absolute atomic E-state index is 0.00879. The number of hydrogen-bond acceptors (Lipinski definition) is 7. The van der Waals surface area contributed by atoms with Gasteiger partial charge in [0.15, 0.2) is 11.5 Å². The lowest BCUT2D eigenvalue weighted by Gasteiger charge is -2.09. The highest BCUT2D eigenvalue weighted by atomic mass is 35.5. The predicted octanol–water partition coefficient (Wildman–Crippen LogP) is 4.67. The molecule has 10 nitrogen and oxygen atoms in total. The first-order chi connectivity index (χ1) is 16.5. The first-order valence-electron chi connectivity index (χ1n) is 9.98. The van der Waals surface area contributed by atoms with Gasteiger partial charge in [0.05, 0.1) is 21.2 Å². The fourth-order valence-corrected chi connectivity index (χ4v) is 3.63. The molecule has 0 fully saturated rings. The third-order valence-corrected chi connectivity index (χ3v) is 5.32. The van der Waals surface area contributed by atoms with Gasteiger partial charge < -0.3 is 5.32 Å². The lowest BCUT2D eigenvalue weighted by Crippen LogP contribution is -2.12. The Morgan fingerprint density at radius 2 is 1.85 bits per heavy atom. The van der Waals surface area contributed by atoms with Crippen molar-refractivity contribution in [2.24, 2.45) is 0 Å². The number of benzene rings is 2. The van der Waals surface area contributed by atoms with Crippen LogP contribution in [-0.2, 0) is 0 Å². The van der Waals surface area contributed by atoms with Gasteiger partial charge in [-0.05, 0) is 42.5 Å². The molecule has 0 atom stereocenters. The third-order valence-electron chi connectivity index (χ3n) is 5.01. The molecule has 0 spiro atoms. The SMILES string of the molecule is O=C(Nc1cccc(-c2ccc3nnc(-c4cccnc4)n3n2)c1)c1ccc([N+](=O)[O-])cc1Cl. The molecule has 1 N–H and O–H groups in total. The molecule has 0 radical (unpaired) electrons. The van der Waals surface area contributed by atoms with E-state index in [0.717, 1.165) is 17.2 Å². The molecule has 0 aliphatic carbocycles. The largest absolute Gasteiger partial charge is 0.322 e. The molecule has 0 unspecified atom stereocenters. The number of pyridine rings is 1. The van der Waals surface area contributed by atoms with Crippen molar-refractivity contribution in [3.63, 3.8) is 0 Å². The Morgan fingerprint density at radius 1 is 1.00 bits per heavy atom. The van der Waals surface area contributed by atoms with Crippen molar-refractivity contribution in [3.05, 3.63) is 99.8 Å². The van der Waals surface area contributed by atoms with Crippen molar-refractivity contribution in [2.75, 3.05) is 5.32 Å². The Balaban J connectivity index is 1.44. The summed E-state index contributed by atoms with van der Waals surface area (Å²) in [6.07, 6.45) is 3.36. The van der Waals surface area contributed by atoms with E-state index in [0.29, 0.717) is 22.9 Å². The summed E-state index contributed by atoms with van der Waals surface area (Å²) < 4.78 is 1.63. The number of carbonyl (C=O) groups excluding carboxylic acids is 1. The van der Waals surface area contributed by atoms with Crippen LogP contribution in [0.15, 0.2) is 79.1 Å². The molecule has 0 aliphatic rings. The van der Waals surface area contributed by atoms with E-state index in [1.807, 2.05) is 24.3 Å². The van der Waals surface area contributed by atoms with Crippen LogP contribution in [0.1, 0.15) is 10.4 Å². The number of fused-ring (bicyclic) bond motifs is 1. The first kappa shape index (κ1) is 21.2. The predicted molar refractivity (Wildman–Crippen MR) is 126 cm³/mol. The van der Waals surface area contributed by atoms with Crippen molar-refractivity contribution in [2.45, 2.75) is 0 Å². The number of aromatic nitrogens is 5. The van der Waals surface area contributed by atoms with E-state index in [9.17, 15) is 14.9 Å². The van der Waals surface area contributed by atoms with E-state index in [-0.39, 0.29) is 16.3 Å². The summed E-state index contributed by atoms with van der Waals surface area (Å²) in [5.41, 5.74) is 3.20. The molecular weight excluding hydrogens is 458 g/mol. The summed E-state index contributed by atoms with van der Waals surface area (Å²) in [5, 5.41) is 26.7. The van der Waals surface area contributed by atoms with Crippen LogP contribution in [-0.4, -0.2) is 35.6 Å². The van der Waals surface area contributed by atoms with Gasteiger partial charge in [-0.2, -0.15) is 9.61 Å². The van der Waals surface area contributed by atoms with Crippen molar-refractivity contribution in [1.82, 2.24) is 24.8 Å². The molecule has 0 aliphatic heterocycles. The van der Waals surface area contributed by atoms with Crippen LogP contribution >= 0.6 is 11.6 Å². The van der Waals surface area contributed by atoms with E-state index in [2.05, 4.69) is 25.6 Å². The molecule has 3 aromatic heterocycles. The number of amides is 1. The summed E-state index contributed by atoms with van der Waals surface area (Å²) in [5.74, 6) is 0.0698. The Hall–Kier alpha value is -4.70. The van der Waals surface area contributed by atoms with Crippen LogP contribution in [0, 0.1) is 10.1 Å². The summed E-state index contributed by atoms with van der Waals surface area (Å²) >= 11 is 6.08. The lowest BCUT2D eigenvalue weighted by molar-refractivity contribution is -0.384. The standard InChI is InChI=1S/C23H14ClN7O3/c24-19-12-17(31(33)34)6-7-18(19)23(32)26-16-5-1-3-14(11-16)20-8-9-21-27-28-22(30(21)29-20)15-4-2-10-25-13-15/h1-13H,(H,26,32). The minimum Gasteiger partial charge on any atom is -0.322 e. The smallest absolute Gasteiger partial charge is 0.270 e. The van der Waals surface area contributed by atoms with Gasteiger partial charge in [-0.1, -0.05) is 23.7 Å². The van der Waals surface area contributed by atoms with Gasteiger partial charge in [-0.15, -0.1) is 10.2 Å². The number of carbonyl (C=O) groups is 1. The number of anilines is 1. The summed E-state index contributed by atoms with van der Waals surface area (Å²) in [4.78, 5) is 27.1. The van der Waals surface area contributed by atoms with E-state index >= 15 is 0 Å². The molecule has 11 heteroatoms. The van der Waals surface area contributed by atoms with Gasteiger partial charge in [0.25, 0.3) is 11.6 Å². The summed E-state index contributed by atoms with van der Waals surface area (Å²) in [6, 6.07) is 18.1. The van der Waals surface area contributed by atoms with Crippen LogP contribution in [0.4, 0.5) is 11.4 Å². The molecule has 2 aromatic carbocycles. The zero-order chi connectivity index (χ0) is 23.7. The maximum Gasteiger partial charge on any atom is 0.270 e. The lowest BCUT2D eigenvalue weighted by atomic mass is 10.1. The topological polar surface area (TPSA) is 128 Å². The Morgan fingerprint density at radius 3 is 2.62 bits per heavy atom. The van der Waals surface area contributed by atoms with Crippen LogP contribution < -0.4 is 5.32 Å². The molecule has 1 amide bonds. The number of rotatable bonds is 5. The van der Waals surface area contributed by atoms with E-state index in [4.69, 9.17) is 11.6 Å². The number of nitro benzene ring substituents is 1. The normalized spacial score (nSPS) is 10.9. The monoisotopic (exact) mass is 471 g/mol. The Bertz CT molecular complexity index is 1550. The van der Waals surface area contributed by atoms with E-state index in [1.54, 1.807) is 41.2 Å². The second-order valence-electron chi connectivity index (χ2n) is 7.21. The van der Waals surface area contributed by atoms with E-state index in [1.165, 1.54) is 12.1 Å². The second-order valence-corrected chi connectivity index (χ2v) is 7.62. The number of hydrogen-bond donors (Lipinski definition) is 1. The highest BCUT2D eigenvalue weighted by Crippen LogP contribution is 2.26. The third kappa shape index (κ3) is 4.05. The maximum atomic E-state index is 12.7. The molecule has 0 saturated heterocycles. The highest BCUT2D eigenvalue weighted by molar-refractivity contribution is 6.34. The Kier molecular flexibility index (Phi) is 5.40. The minimum atomic E-state index is -0.573. The second kappa shape index (κ2) is 8.68. The van der Waals surface area contributed by atoms with E-state index < -0.39 is 10.8 Å². The van der Waals surface area contributed by atoms with Gasteiger partial charge in [-0.3, -0.25) is 19.9 Å². The molecule has 0 bridgehead atoms. The fourth-order valence-electron chi connectivity index (χ4n) is 3.37. The molecule has 5 rings (SSSR count). The van der Waals surface area contributed by atoms with Crippen molar-refractivity contribution >= 4 is 34.5 Å². The number of nitrogens with one attached hydrogen (secondary N) is 1. The van der Waals surface area contributed by atoms with Gasteiger partial charge in [0.2, 0.25) is 0 Å². The van der Waals surface area contributed by atoms with Crippen LogP contribution in [0.5, 0.6) is 0 Å². The zero-order valence-corrected chi connectivity index (χ0v) is 18.0. The fraction of sp³-hybridized carbons (Fsp3) is 0. The quantitative estimate of drug-likeness (QED) is 0.291. The number of non-ortho nitro benzene ring substituents is 1. The molecule has 3 heterocycles. The van der Waals surface area contributed by atoms with Crippen LogP contribution in [0.25, 0.3) is 28.3 Å². The van der Waals surface area contributed by atoms with Crippen molar-refractivity contribution in [3.8, 4) is 22.6 Å². The molecular formula is C23H14ClN7O3. The van der Waals surface area contributed by atoms with Gasteiger partial charge >= 0.3 is 0 Å². The zero-order valence-electron chi connectivity index (χ0n) is 17.3. The molecule has 0 saturated carbocycles. The van der Waals surface area contributed by atoms with Crippen LogP contribution in [0.2, 0.25) is 5.02 Å². The first-order valence-corrected chi connectivity index (χ1v) is 10.4. The molecule has 166 valence electrons. The van der Waals surface area contributed by atoms with Crippen molar-refractivity contribution in [1.29, 1.82) is 0 Å². The highest BCUT2D eigenvalue weighted by Gasteiger charge is 2.16. The van der Waals surface area contributed by atoms with Crippen molar-refractivity contribution < 1.29 is 9.72 Å².